The summed E-state index contributed by atoms with van der Waals surface area (Å²) in [5.41, 5.74) is 0.526. The molecule has 0 aliphatic carbocycles. The van der Waals surface area contributed by atoms with Gasteiger partial charge in [0, 0.05) is 19.7 Å². The average molecular weight is 321 g/mol. The van der Waals surface area contributed by atoms with E-state index in [0.29, 0.717) is 12.0 Å². The van der Waals surface area contributed by atoms with Crippen LogP contribution in [-0.2, 0) is 14.8 Å². The highest BCUT2D eigenvalue weighted by Crippen LogP contribution is 2.30. The third-order valence-corrected chi connectivity index (χ3v) is 6.17. The highest BCUT2D eigenvalue weighted by Gasteiger charge is 2.31. The van der Waals surface area contributed by atoms with E-state index in [1.807, 2.05) is 0 Å². The molecule has 0 atom stereocenters. The van der Waals surface area contributed by atoms with Crippen LogP contribution in [0.4, 0.5) is 0 Å². The van der Waals surface area contributed by atoms with Crippen LogP contribution in [-0.4, -0.2) is 50.6 Å². The zero-order valence-corrected chi connectivity index (χ0v) is 13.4. The molecule has 1 aromatic heterocycles. The van der Waals surface area contributed by atoms with Crippen LogP contribution < -0.4 is 0 Å². The molecule has 6 nitrogen and oxygen atoms in total. The number of aliphatic hydroxyl groups is 1. The van der Waals surface area contributed by atoms with Gasteiger partial charge in [0.2, 0.25) is 10.0 Å². The number of aryl methyl sites for hydroxylation is 1. The minimum atomic E-state index is -3.76. The van der Waals surface area contributed by atoms with Gasteiger partial charge in [-0.2, -0.15) is 4.31 Å². The van der Waals surface area contributed by atoms with Crippen LogP contribution in [0.15, 0.2) is 10.3 Å². The van der Waals surface area contributed by atoms with Gasteiger partial charge in [0.15, 0.2) is 0 Å². The summed E-state index contributed by atoms with van der Waals surface area (Å²) in [5, 5.41) is 10.5. The van der Waals surface area contributed by atoms with Crippen LogP contribution >= 0.6 is 11.3 Å². The molecule has 0 unspecified atom stereocenters. The third kappa shape index (κ3) is 3.38. The molecule has 0 saturated carbocycles. The van der Waals surface area contributed by atoms with Crippen molar-refractivity contribution in [3.63, 3.8) is 0 Å². The first-order valence-corrected chi connectivity index (χ1v) is 8.49. The second-order valence-corrected chi connectivity index (χ2v) is 6.90. The molecule has 0 aliphatic rings. The second-order valence-electron chi connectivity index (χ2n) is 4.14. The number of aliphatic hydroxyl groups excluding tert-OH is 1. The Morgan fingerprint density at radius 2 is 2.15 bits per heavy atom. The van der Waals surface area contributed by atoms with E-state index in [1.54, 1.807) is 19.2 Å². The summed E-state index contributed by atoms with van der Waals surface area (Å²) >= 11 is 1.06. The first kappa shape index (κ1) is 17.1. The highest BCUT2D eigenvalue weighted by atomic mass is 32.2. The smallest absolute Gasteiger partial charge is 0.349 e. The van der Waals surface area contributed by atoms with Crippen molar-refractivity contribution in [3.8, 4) is 0 Å². The fourth-order valence-corrected chi connectivity index (χ4v) is 4.96. The average Bonchev–Trinajstić information content (AvgIpc) is 2.81. The molecule has 1 heterocycles. The first-order chi connectivity index (χ1) is 9.39. The van der Waals surface area contributed by atoms with Crippen molar-refractivity contribution in [1.29, 1.82) is 0 Å². The third-order valence-electron chi connectivity index (χ3n) is 2.80. The molecule has 0 spiro atoms. The maximum atomic E-state index is 12.6. The Morgan fingerprint density at radius 1 is 1.50 bits per heavy atom. The molecule has 0 bridgehead atoms. The van der Waals surface area contributed by atoms with Gasteiger partial charge in [-0.25, -0.2) is 13.2 Å². The van der Waals surface area contributed by atoms with Gasteiger partial charge >= 0.3 is 5.97 Å². The summed E-state index contributed by atoms with van der Waals surface area (Å²) < 4.78 is 31.2. The number of esters is 1. The van der Waals surface area contributed by atoms with E-state index in [-0.39, 0.29) is 29.5 Å². The lowest BCUT2D eigenvalue weighted by atomic mass is 10.3. The lowest BCUT2D eigenvalue weighted by Gasteiger charge is -2.20. The summed E-state index contributed by atoms with van der Waals surface area (Å²) in [6.07, 6.45) is 0.351. The Hall–Kier alpha value is -0.960. The van der Waals surface area contributed by atoms with Crippen LogP contribution in [0.3, 0.4) is 0 Å². The standard InChI is InChI=1S/C12H19NO5S2/c1-4-13(6-5-7-14)20(16,17)11-9(2)8-19-10(11)12(15)18-3/h8,14H,4-7H2,1-3H3. The molecule has 0 radical (unpaired) electrons. The highest BCUT2D eigenvalue weighted by molar-refractivity contribution is 7.89. The largest absolute Gasteiger partial charge is 0.465 e. The summed E-state index contributed by atoms with van der Waals surface area (Å²) in [7, 11) is -2.55. The van der Waals surface area contributed by atoms with Crippen molar-refractivity contribution in [2.45, 2.75) is 25.2 Å². The van der Waals surface area contributed by atoms with Crippen molar-refractivity contribution in [2.75, 3.05) is 26.8 Å². The van der Waals surface area contributed by atoms with E-state index in [0.717, 1.165) is 11.3 Å². The van der Waals surface area contributed by atoms with E-state index in [4.69, 9.17) is 5.11 Å². The number of sulfonamides is 1. The van der Waals surface area contributed by atoms with E-state index in [2.05, 4.69) is 4.74 Å². The summed E-state index contributed by atoms with van der Waals surface area (Å²) in [4.78, 5) is 11.8. The molecule has 0 aliphatic heterocycles. The number of thiophene rings is 1. The number of methoxy groups -OCH3 is 1. The summed E-state index contributed by atoms with van der Waals surface area (Å²) in [6, 6.07) is 0. The lowest BCUT2D eigenvalue weighted by molar-refractivity contribution is 0.0602. The number of carbonyl (C=O) groups is 1. The number of rotatable bonds is 7. The first-order valence-electron chi connectivity index (χ1n) is 6.17. The van der Waals surface area contributed by atoms with Gasteiger partial charge < -0.3 is 9.84 Å². The lowest BCUT2D eigenvalue weighted by Crippen LogP contribution is -2.33. The molecule has 0 amide bonds. The van der Waals surface area contributed by atoms with Gasteiger partial charge in [-0.3, -0.25) is 0 Å². The Morgan fingerprint density at radius 3 is 2.65 bits per heavy atom. The van der Waals surface area contributed by atoms with Crippen molar-refractivity contribution in [2.24, 2.45) is 0 Å². The SMILES string of the molecule is CCN(CCCO)S(=O)(=O)c1c(C)csc1C(=O)OC. The van der Waals surface area contributed by atoms with Gasteiger partial charge in [0.25, 0.3) is 0 Å². The Bertz CT molecular complexity index is 564. The van der Waals surface area contributed by atoms with Crippen molar-refractivity contribution >= 4 is 27.3 Å². The van der Waals surface area contributed by atoms with E-state index < -0.39 is 16.0 Å². The maximum Gasteiger partial charge on any atom is 0.349 e. The van der Waals surface area contributed by atoms with Crippen LogP contribution in [0.25, 0.3) is 0 Å². The zero-order chi connectivity index (χ0) is 15.3. The Balaban J connectivity index is 3.27. The molecule has 8 heteroatoms. The molecule has 20 heavy (non-hydrogen) atoms. The molecule has 114 valence electrons. The van der Waals surface area contributed by atoms with Gasteiger partial charge in [-0.05, 0) is 24.3 Å². The number of hydrogen-bond donors (Lipinski definition) is 1. The van der Waals surface area contributed by atoms with Gasteiger partial charge in [-0.1, -0.05) is 6.92 Å². The molecule has 1 N–H and O–H groups in total. The van der Waals surface area contributed by atoms with E-state index in [9.17, 15) is 13.2 Å². The molecule has 0 aromatic carbocycles. The quantitative estimate of drug-likeness (QED) is 0.764. The number of hydrogen-bond acceptors (Lipinski definition) is 6. The van der Waals surface area contributed by atoms with E-state index in [1.165, 1.54) is 11.4 Å². The number of carbonyl (C=O) groups excluding carboxylic acids is 1. The minimum absolute atomic E-state index is 0.00846. The fourth-order valence-electron chi connectivity index (χ4n) is 1.81. The van der Waals surface area contributed by atoms with Crippen molar-refractivity contribution in [1.82, 2.24) is 4.31 Å². The van der Waals surface area contributed by atoms with Crippen LogP contribution in [0.2, 0.25) is 0 Å². The molecule has 1 aromatic rings. The predicted octanol–water partition coefficient (Wildman–Crippen LogP) is 1.24. The van der Waals surface area contributed by atoms with Crippen LogP contribution in [0, 0.1) is 6.92 Å². The van der Waals surface area contributed by atoms with Crippen molar-refractivity contribution < 1.29 is 23.1 Å². The van der Waals surface area contributed by atoms with Gasteiger partial charge in [0.1, 0.15) is 9.77 Å². The minimum Gasteiger partial charge on any atom is -0.465 e. The Kier molecular flexibility index (Phi) is 6.12. The van der Waals surface area contributed by atoms with Crippen LogP contribution in [0.1, 0.15) is 28.6 Å². The maximum absolute atomic E-state index is 12.6. The molecule has 0 saturated heterocycles. The number of ether oxygens (including phenoxy) is 1. The topological polar surface area (TPSA) is 83.9 Å². The predicted molar refractivity (Wildman–Crippen MR) is 76.5 cm³/mol. The Labute approximate surface area is 123 Å². The molecular weight excluding hydrogens is 302 g/mol. The zero-order valence-electron chi connectivity index (χ0n) is 11.7. The summed E-state index contributed by atoms with van der Waals surface area (Å²) in [5.74, 6) is -0.653. The second kappa shape index (κ2) is 7.16. The molecular formula is C12H19NO5S2. The van der Waals surface area contributed by atoms with E-state index >= 15 is 0 Å². The molecule has 1 rings (SSSR count). The fraction of sp³-hybridized carbons (Fsp3) is 0.583. The summed E-state index contributed by atoms with van der Waals surface area (Å²) in [6.45, 7) is 3.77. The monoisotopic (exact) mass is 321 g/mol. The van der Waals surface area contributed by atoms with Gasteiger partial charge in [0.05, 0.1) is 7.11 Å². The van der Waals surface area contributed by atoms with Gasteiger partial charge in [-0.15, -0.1) is 11.3 Å². The number of nitrogens with zero attached hydrogens (tertiary/aromatic N) is 1. The normalized spacial score (nSPS) is 11.8. The van der Waals surface area contributed by atoms with Crippen LogP contribution in [0.5, 0.6) is 0 Å². The molecule has 0 fully saturated rings. The van der Waals surface area contributed by atoms with Crippen molar-refractivity contribution in [3.05, 3.63) is 15.8 Å².